The summed E-state index contributed by atoms with van der Waals surface area (Å²) in [5.74, 6) is 0.926. The summed E-state index contributed by atoms with van der Waals surface area (Å²) in [6, 6.07) is 51.2. The Morgan fingerprint density at radius 3 is 1.64 bits per heavy atom. The number of pyridine rings is 1. The number of fused-ring (bicyclic) bond motifs is 11. The highest BCUT2D eigenvalue weighted by Gasteiger charge is 2.35. The summed E-state index contributed by atoms with van der Waals surface area (Å²) in [5, 5.41) is 7.50. The quantitative estimate of drug-likeness (QED) is 0.184. The highest BCUT2D eigenvalue weighted by molar-refractivity contribution is 6.19. The van der Waals surface area contributed by atoms with Gasteiger partial charge in [0, 0.05) is 49.6 Å². The Bertz CT molecular complexity index is 2970. The van der Waals surface area contributed by atoms with E-state index in [1.54, 1.807) is 0 Å². The van der Waals surface area contributed by atoms with Gasteiger partial charge in [-0.25, -0.2) is 4.98 Å². The van der Waals surface area contributed by atoms with Gasteiger partial charge in [-0.1, -0.05) is 107 Å². The van der Waals surface area contributed by atoms with E-state index in [4.69, 9.17) is 4.98 Å². The molecule has 0 unspecified atom stereocenters. The SMILES string of the molecule is CC.CC1(C)c2ccccc2-n2c3ccccc3c3cc(-n4c5ccccc5c5cc6c(cc54)c4ccccc4n6-c4ccccn4)cc1c32. The normalized spacial score (nSPS) is 13.4. The number of para-hydroxylation sites is 4. The monoisotopic (exact) mass is 644 g/mol. The molecule has 6 aromatic carbocycles. The molecule has 0 N–H and O–H groups in total. The first-order valence-corrected chi connectivity index (χ1v) is 17.7. The zero-order valence-electron chi connectivity index (χ0n) is 28.6. The number of hydrogen-bond donors (Lipinski definition) is 0. The van der Waals surface area contributed by atoms with Gasteiger partial charge in [0.25, 0.3) is 0 Å². The van der Waals surface area contributed by atoms with Crippen LogP contribution in [-0.2, 0) is 5.41 Å². The Morgan fingerprint density at radius 1 is 0.440 bits per heavy atom. The molecule has 11 rings (SSSR count). The molecule has 4 nitrogen and oxygen atoms in total. The maximum atomic E-state index is 4.78. The molecule has 4 heteroatoms. The summed E-state index contributed by atoms with van der Waals surface area (Å²) in [6.45, 7) is 8.76. The van der Waals surface area contributed by atoms with Crippen LogP contribution in [0.15, 0.2) is 146 Å². The molecule has 1 aliphatic rings. The van der Waals surface area contributed by atoms with Gasteiger partial charge in [0.05, 0.1) is 38.8 Å². The minimum absolute atomic E-state index is 0.183. The van der Waals surface area contributed by atoms with Crippen LogP contribution in [0.1, 0.15) is 38.8 Å². The second-order valence-electron chi connectivity index (χ2n) is 13.7. The third-order valence-electron chi connectivity index (χ3n) is 10.8. The zero-order chi connectivity index (χ0) is 33.7. The second-order valence-corrected chi connectivity index (χ2v) is 13.7. The summed E-state index contributed by atoms with van der Waals surface area (Å²) in [4.78, 5) is 4.78. The number of hydrogen-bond acceptors (Lipinski definition) is 1. The van der Waals surface area contributed by atoms with E-state index in [0.717, 1.165) is 16.9 Å². The average molecular weight is 645 g/mol. The molecule has 0 atom stereocenters. The summed E-state index contributed by atoms with van der Waals surface area (Å²) in [5.41, 5.74) is 12.3. The van der Waals surface area contributed by atoms with Crippen molar-refractivity contribution in [2.45, 2.75) is 33.1 Å². The van der Waals surface area contributed by atoms with Crippen molar-refractivity contribution in [3.05, 3.63) is 157 Å². The highest BCUT2D eigenvalue weighted by atomic mass is 15.1. The van der Waals surface area contributed by atoms with Crippen molar-refractivity contribution in [2.75, 3.05) is 0 Å². The van der Waals surface area contributed by atoms with Crippen LogP contribution in [0.3, 0.4) is 0 Å². The lowest BCUT2D eigenvalue weighted by molar-refractivity contribution is 0.630. The molecule has 10 aromatic rings. The summed E-state index contributed by atoms with van der Waals surface area (Å²) < 4.78 is 7.29. The van der Waals surface area contributed by atoms with Crippen LogP contribution in [-0.4, -0.2) is 18.7 Å². The molecule has 0 bridgehead atoms. The lowest BCUT2D eigenvalue weighted by atomic mass is 9.74. The van der Waals surface area contributed by atoms with Gasteiger partial charge >= 0.3 is 0 Å². The molecule has 0 fully saturated rings. The number of benzene rings is 6. The lowest BCUT2D eigenvalue weighted by Gasteiger charge is -2.35. The second kappa shape index (κ2) is 10.4. The Labute approximate surface area is 290 Å². The van der Waals surface area contributed by atoms with Gasteiger partial charge in [-0.15, -0.1) is 0 Å². The molecule has 0 aliphatic carbocycles. The van der Waals surface area contributed by atoms with E-state index in [0.29, 0.717) is 0 Å². The van der Waals surface area contributed by atoms with Crippen molar-refractivity contribution in [3.8, 4) is 17.2 Å². The fourth-order valence-corrected chi connectivity index (χ4v) is 8.72. The van der Waals surface area contributed by atoms with Crippen molar-refractivity contribution >= 4 is 65.4 Å². The lowest BCUT2D eigenvalue weighted by Crippen LogP contribution is -2.26. The third kappa shape index (κ3) is 3.68. The molecule has 50 heavy (non-hydrogen) atoms. The molecule has 1 aliphatic heterocycles. The topological polar surface area (TPSA) is 27.7 Å². The van der Waals surface area contributed by atoms with Gasteiger partial charge in [0.2, 0.25) is 0 Å². The molecule has 4 aromatic heterocycles. The number of aromatic nitrogens is 4. The molecule has 0 spiro atoms. The van der Waals surface area contributed by atoms with Gasteiger partial charge < -0.3 is 9.13 Å². The maximum absolute atomic E-state index is 4.78. The largest absolute Gasteiger partial charge is 0.309 e. The van der Waals surface area contributed by atoms with E-state index in [-0.39, 0.29) is 5.41 Å². The Balaban J connectivity index is 0.00000156. The van der Waals surface area contributed by atoms with Crippen LogP contribution < -0.4 is 0 Å². The molecule has 0 radical (unpaired) electrons. The van der Waals surface area contributed by atoms with Crippen LogP contribution >= 0.6 is 0 Å². The van der Waals surface area contributed by atoms with Crippen molar-refractivity contribution in [1.82, 2.24) is 18.7 Å². The fraction of sp³-hybridized carbons (Fsp3) is 0.109. The van der Waals surface area contributed by atoms with E-state index < -0.39 is 0 Å². The van der Waals surface area contributed by atoms with Gasteiger partial charge in [-0.3, -0.25) is 4.57 Å². The van der Waals surface area contributed by atoms with Crippen LogP contribution in [0.2, 0.25) is 0 Å². The van der Waals surface area contributed by atoms with Crippen molar-refractivity contribution < 1.29 is 0 Å². The molecule has 240 valence electrons. The van der Waals surface area contributed by atoms with Crippen LogP contribution in [0.4, 0.5) is 0 Å². The molecule has 0 saturated carbocycles. The summed E-state index contributed by atoms with van der Waals surface area (Å²) in [6.07, 6.45) is 1.87. The molecule has 0 saturated heterocycles. The molecular weight excluding hydrogens is 609 g/mol. The van der Waals surface area contributed by atoms with Gasteiger partial charge in [-0.2, -0.15) is 0 Å². The third-order valence-corrected chi connectivity index (χ3v) is 10.8. The smallest absolute Gasteiger partial charge is 0.137 e. The van der Waals surface area contributed by atoms with E-state index in [2.05, 4.69) is 161 Å². The number of rotatable bonds is 2. The Morgan fingerprint density at radius 2 is 0.980 bits per heavy atom. The van der Waals surface area contributed by atoms with Crippen LogP contribution in [0.5, 0.6) is 0 Å². The Hall–Kier alpha value is -6.13. The van der Waals surface area contributed by atoms with E-state index in [1.807, 2.05) is 26.1 Å². The Kier molecular flexibility index (Phi) is 6.02. The first-order valence-electron chi connectivity index (χ1n) is 17.7. The predicted octanol–water partition coefficient (Wildman–Crippen LogP) is 12.0. The minimum Gasteiger partial charge on any atom is -0.309 e. The van der Waals surface area contributed by atoms with Crippen LogP contribution in [0, 0.1) is 0 Å². The first-order chi connectivity index (χ1) is 24.6. The van der Waals surface area contributed by atoms with Crippen molar-refractivity contribution in [2.24, 2.45) is 0 Å². The van der Waals surface area contributed by atoms with Gasteiger partial charge in [0.1, 0.15) is 5.82 Å². The van der Waals surface area contributed by atoms with Crippen LogP contribution in [0.25, 0.3) is 82.6 Å². The van der Waals surface area contributed by atoms with Crippen molar-refractivity contribution in [1.29, 1.82) is 0 Å². The van der Waals surface area contributed by atoms with Gasteiger partial charge in [-0.05, 0) is 71.8 Å². The molecule has 5 heterocycles. The van der Waals surface area contributed by atoms with E-state index >= 15 is 0 Å². The van der Waals surface area contributed by atoms with E-state index in [1.165, 1.54) is 76.9 Å². The predicted molar refractivity (Wildman–Crippen MR) is 211 cm³/mol. The summed E-state index contributed by atoms with van der Waals surface area (Å²) in [7, 11) is 0. The maximum Gasteiger partial charge on any atom is 0.137 e. The zero-order valence-corrected chi connectivity index (χ0v) is 28.6. The van der Waals surface area contributed by atoms with E-state index in [9.17, 15) is 0 Å². The fourth-order valence-electron chi connectivity index (χ4n) is 8.72. The van der Waals surface area contributed by atoms with Gasteiger partial charge in [0.15, 0.2) is 0 Å². The average Bonchev–Trinajstić information content (AvgIpc) is 3.80. The highest BCUT2D eigenvalue weighted by Crippen LogP contribution is 2.49. The minimum atomic E-state index is -0.183. The standard InChI is InChI=1S/C44H30N4.C2H6/c1-44(2)34-16-6-10-20-39(34)48-38-19-9-5-15-30(38)33-23-27(24-35(44)43(33)48)46-36-17-7-3-13-28(36)31-26-41-32(25-40(31)46)29-14-4-8-18-37(29)47(41)42-21-11-12-22-45-42;1-2/h3-26H,1-2H3;1-2H3. The number of nitrogens with zero attached hydrogens (tertiary/aromatic N) is 4. The summed E-state index contributed by atoms with van der Waals surface area (Å²) >= 11 is 0. The molecular formula is C46H36N4. The molecule has 0 amide bonds. The van der Waals surface area contributed by atoms with Crippen molar-refractivity contribution in [3.63, 3.8) is 0 Å². The first kappa shape index (κ1) is 28.8.